The molecule has 38 heavy (non-hydrogen) atoms. The van der Waals surface area contributed by atoms with Gasteiger partial charge in [-0.25, -0.2) is 13.2 Å². The summed E-state index contributed by atoms with van der Waals surface area (Å²) in [5.74, 6) is 1.68. The smallest absolute Gasteiger partial charge is 0.414 e. The molecule has 12 nitrogen and oxygen atoms in total. The van der Waals surface area contributed by atoms with Crippen LogP contribution in [-0.4, -0.2) is 93.4 Å². The Morgan fingerprint density at radius 2 is 1.76 bits per heavy atom. The Morgan fingerprint density at radius 1 is 1.03 bits per heavy atom. The summed E-state index contributed by atoms with van der Waals surface area (Å²) in [7, 11) is -0.846. The molecule has 2 saturated heterocycles. The first-order valence-corrected chi connectivity index (χ1v) is 13.6. The largest absolute Gasteiger partial charge is 0.497 e. The third kappa shape index (κ3) is 5.17. The molecule has 3 heterocycles. The van der Waals surface area contributed by atoms with E-state index in [1.165, 1.54) is 24.6 Å². The first-order chi connectivity index (χ1) is 18.3. The number of amides is 1. The molecule has 5 rings (SSSR count). The van der Waals surface area contributed by atoms with E-state index in [1.54, 1.807) is 24.0 Å². The second kappa shape index (κ2) is 10.6. The van der Waals surface area contributed by atoms with E-state index in [2.05, 4.69) is 15.0 Å². The fraction of sp³-hybridized carbons (Fsp3) is 0.400. The summed E-state index contributed by atoms with van der Waals surface area (Å²) in [6, 6.07) is 12.0. The number of nitrogens with zero attached hydrogens (tertiary/aromatic N) is 5. The molecule has 202 valence electrons. The van der Waals surface area contributed by atoms with Crippen molar-refractivity contribution in [1.29, 1.82) is 0 Å². The molecular weight excluding hydrogens is 514 g/mol. The summed E-state index contributed by atoms with van der Waals surface area (Å²) < 4.78 is 49.2. The molecule has 1 unspecified atom stereocenters. The number of ether oxygens (including phenoxy) is 3. The van der Waals surface area contributed by atoms with Crippen LogP contribution < -0.4 is 14.4 Å². The number of carbonyl (C=O) groups is 1. The van der Waals surface area contributed by atoms with Gasteiger partial charge in [0, 0.05) is 57.0 Å². The number of aromatic nitrogens is 2. The van der Waals surface area contributed by atoms with Gasteiger partial charge in [-0.2, -0.15) is 9.29 Å². The first-order valence-electron chi connectivity index (χ1n) is 12.1. The quantitative estimate of drug-likeness (QED) is 0.418. The minimum Gasteiger partial charge on any atom is -0.497 e. The molecule has 2 aliphatic rings. The van der Waals surface area contributed by atoms with Crippen LogP contribution >= 0.6 is 0 Å². The minimum atomic E-state index is -3.77. The topological polar surface area (TPSA) is 128 Å². The van der Waals surface area contributed by atoms with Crippen molar-refractivity contribution < 1.29 is 31.9 Å². The number of aryl methyl sites for hydroxylation is 1. The number of cyclic esters (lactones) is 1. The Hall–Kier alpha value is -3.68. The highest BCUT2D eigenvalue weighted by Gasteiger charge is 2.36. The first kappa shape index (κ1) is 25.9. The predicted octanol–water partition coefficient (Wildman–Crippen LogP) is 2.39. The van der Waals surface area contributed by atoms with Crippen LogP contribution in [0.15, 0.2) is 51.9 Å². The maximum atomic E-state index is 13.3. The normalized spacial score (nSPS) is 19.0. The predicted molar refractivity (Wildman–Crippen MR) is 137 cm³/mol. The summed E-state index contributed by atoms with van der Waals surface area (Å²) in [6.45, 7) is 4.28. The highest BCUT2D eigenvalue weighted by atomic mass is 32.2. The minimum absolute atomic E-state index is 0.0775. The lowest BCUT2D eigenvalue weighted by molar-refractivity contribution is 0.0937. The van der Waals surface area contributed by atoms with Gasteiger partial charge in [0.05, 0.1) is 20.8 Å². The number of methoxy groups -OCH3 is 2. The van der Waals surface area contributed by atoms with Crippen molar-refractivity contribution in [2.24, 2.45) is 0 Å². The van der Waals surface area contributed by atoms with Gasteiger partial charge in [0.25, 0.3) is 0 Å². The Balaban J connectivity index is 1.18. The van der Waals surface area contributed by atoms with Crippen LogP contribution in [0.1, 0.15) is 5.89 Å². The molecule has 0 aliphatic carbocycles. The third-order valence-electron chi connectivity index (χ3n) is 6.62. The SMILES string of the molecule is COc1ccc(OC)c(S(=O)(=O)N2CCN(CC3CN(c4ccc(-c5noc(C)n5)cc4)C(=O)O3)CC2)c1. The number of sulfonamides is 1. The van der Waals surface area contributed by atoms with Gasteiger partial charge in [-0.1, -0.05) is 5.16 Å². The lowest BCUT2D eigenvalue weighted by Gasteiger charge is -2.34. The number of hydrogen-bond acceptors (Lipinski definition) is 10. The van der Waals surface area contributed by atoms with E-state index in [0.717, 1.165) is 5.56 Å². The van der Waals surface area contributed by atoms with E-state index in [0.29, 0.717) is 62.4 Å². The second-order valence-corrected chi connectivity index (χ2v) is 10.9. The van der Waals surface area contributed by atoms with Crippen LogP contribution in [0, 0.1) is 6.92 Å². The second-order valence-electron chi connectivity index (χ2n) is 9.02. The van der Waals surface area contributed by atoms with Crippen LogP contribution in [0.3, 0.4) is 0 Å². The van der Waals surface area contributed by atoms with Gasteiger partial charge in [0.1, 0.15) is 22.5 Å². The summed E-state index contributed by atoms with van der Waals surface area (Å²) in [4.78, 5) is 20.6. The van der Waals surface area contributed by atoms with E-state index < -0.39 is 16.1 Å². The van der Waals surface area contributed by atoms with Crippen molar-refractivity contribution in [3.05, 3.63) is 48.4 Å². The zero-order valence-electron chi connectivity index (χ0n) is 21.4. The molecule has 0 saturated carbocycles. The Labute approximate surface area is 220 Å². The van der Waals surface area contributed by atoms with Gasteiger partial charge in [0.2, 0.25) is 21.7 Å². The summed E-state index contributed by atoms with van der Waals surface area (Å²) >= 11 is 0. The van der Waals surface area contributed by atoms with Gasteiger partial charge >= 0.3 is 6.09 Å². The van der Waals surface area contributed by atoms with Crippen molar-refractivity contribution in [1.82, 2.24) is 19.3 Å². The molecule has 2 fully saturated rings. The van der Waals surface area contributed by atoms with Crippen molar-refractivity contribution in [2.45, 2.75) is 17.9 Å². The summed E-state index contributed by atoms with van der Waals surface area (Å²) in [5.41, 5.74) is 1.50. The maximum Gasteiger partial charge on any atom is 0.414 e. The lowest BCUT2D eigenvalue weighted by Crippen LogP contribution is -2.50. The van der Waals surface area contributed by atoms with Crippen LogP contribution in [-0.2, 0) is 14.8 Å². The number of benzene rings is 2. The standard InChI is InChI=1S/C25H29N5O7S/c1-17-26-24(27-37-17)18-4-6-19(7-5-18)30-16-21(36-25(30)31)15-28-10-12-29(13-11-28)38(32,33)23-14-20(34-2)8-9-22(23)35-3/h4-9,14,21H,10-13,15-16H2,1-3H3. The van der Waals surface area contributed by atoms with Crippen molar-refractivity contribution >= 4 is 21.8 Å². The van der Waals surface area contributed by atoms with E-state index in [-0.39, 0.29) is 16.7 Å². The number of piperazine rings is 1. The van der Waals surface area contributed by atoms with E-state index >= 15 is 0 Å². The average Bonchev–Trinajstić information content (AvgIpc) is 3.53. The zero-order valence-corrected chi connectivity index (χ0v) is 22.2. The van der Waals surface area contributed by atoms with Crippen molar-refractivity contribution in [3.8, 4) is 22.9 Å². The maximum absolute atomic E-state index is 13.3. The monoisotopic (exact) mass is 543 g/mol. The molecule has 3 aromatic rings. The van der Waals surface area contributed by atoms with Gasteiger partial charge in [-0.3, -0.25) is 9.80 Å². The Morgan fingerprint density at radius 3 is 2.39 bits per heavy atom. The molecule has 1 atom stereocenters. The number of rotatable bonds is 8. The number of hydrogen-bond donors (Lipinski definition) is 0. The Kier molecular flexibility index (Phi) is 7.23. The molecular formula is C25H29N5O7S. The lowest BCUT2D eigenvalue weighted by atomic mass is 10.2. The summed E-state index contributed by atoms with van der Waals surface area (Å²) in [6.07, 6.45) is -0.742. The third-order valence-corrected chi connectivity index (χ3v) is 8.54. The molecule has 0 bridgehead atoms. The molecule has 0 radical (unpaired) electrons. The van der Waals surface area contributed by atoms with Crippen molar-refractivity contribution in [3.63, 3.8) is 0 Å². The number of anilines is 1. The molecule has 0 spiro atoms. The van der Waals surface area contributed by atoms with Gasteiger partial charge in [0.15, 0.2) is 0 Å². The van der Waals surface area contributed by atoms with Crippen LogP contribution in [0.5, 0.6) is 11.5 Å². The van der Waals surface area contributed by atoms with E-state index in [4.69, 9.17) is 18.7 Å². The van der Waals surface area contributed by atoms with Gasteiger partial charge in [-0.15, -0.1) is 0 Å². The zero-order chi connectivity index (χ0) is 26.9. The molecule has 13 heteroatoms. The van der Waals surface area contributed by atoms with Gasteiger partial charge in [-0.05, 0) is 36.4 Å². The van der Waals surface area contributed by atoms with E-state index in [1.807, 2.05) is 24.3 Å². The van der Waals surface area contributed by atoms with Crippen LogP contribution in [0.25, 0.3) is 11.4 Å². The number of carbonyl (C=O) groups excluding carboxylic acids is 1. The Bertz CT molecular complexity index is 1400. The van der Waals surface area contributed by atoms with E-state index in [9.17, 15) is 13.2 Å². The molecule has 2 aliphatic heterocycles. The fourth-order valence-electron chi connectivity index (χ4n) is 4.60. The van der Waals surface area contributed by atoms with Gasteiger partial charge < -0.3 is 18.7 Å². The fourth-order valence-corrected chi connectivity index (χ4v) is 6.19. The highest BCUT2D eigenvalue weighted by molar-refractivity contribution is 7.89. The van der Waals surface area contributed by atoms with Crippen LogP contribution in [0.4, 0.5) is 10.5 Å². The molecule has 1 amide bonds. The molecule has 2 aromatic carbocycles. The van der Waals surface area contributed by atoms with Crippen LogP contribution in [0.2, 0.25) is 0 Å². The molecule has 1 aromatic heterocycles. The highest BCUT2D eigenvalue weighted by Crippen LogP contribution is 2.31. The average molecular weight is 544 g/mol. The van der Waals surface area contributed by atoms with Crippen molar-refractivity contribution in [2.75, 3.05) is 58.4 Å². The summed E-state index contributed by atoms with van der Waals surface area (Å²) in [5, 5.41) is 3.91. The molecule has 0 N–H and O–H groups in total.